The van der Waals surface area contributed by atoms with E-state index in [2.05, 4.69) is 22.3 Å². The second-order valence-electron chi connectivity index (χ2n) is 10.5. The molecule has 15 heteroatoms. The quantitative estimate of drug-likeness (QED) is 0.155. The van der Waals surface area contributed by atoms with Gasteiger partial charge in [0.15, 0.2) is 0 Å². The molecule has 0 spiro atoms. The van der Waals surface area contributed by atoms with Crippen molar-refractivity contribution in [2.75, 3.05) is 36.8 Å². The summed E-state index contributed by atoms with van der Waals surface area (Å²) in [4.78, 5) is 28.6. The third kappa shape index (κ3) is 9.34. The summed E-state index contributed by atoms with van der Waals surface area (Å²) < 4.78 is 50.7. The van der Waals surface area contributed by atoms with Crippen molar-refractivity contribution in [1.82, 2.24) is 14.5 Å². The standard InChI is InChI=1S/C30H37N7O6S2/c1-2-3-7-28(38)36-16-18-37(19-17-36)29(31)23-5-4-6-25(20-23)35-30(39)34-24-10-14-27(15-11-24)45(42,43)33-21-22-8-12-26(13-9-22)44(32,40)41/h4-6,8-15,20,31,33H,2-3,7,16-19,21H2,1H3,(H2,32,40,41)(H2,34,35,39). The van der Waals surface area contributed by atoms with Crippen molar-refractivity contribution in [3.63, 3.8) is 0 Å². The molecule has 45 heavy (non-hydrogen) atoms. The van der Waals surface area contributed by atoms with E-state index < -0.39 is 26.1 Å². The Kier molecular flexibility index (Phi) is 10.9. The van der Waals surface area contributed by atoms with Crippen molar-refractivity contribution in [3.05, 3.63) is 83.9 Å². The topological polar surface area (TPSA) is 195 Å². The fourth-order valence-corrected chi connectivity index (χ4v) is 6.20. The zero-order valence-corrected chi connectivity index (χ0v) is 26.5. The highest BCUT2D eigenvalue weighted by atomic mass is 32.2. The first-order chi connectivity index (χ1) is 21.4. The second-order valence-corrected chi connectivity index (χ2v) is 13.8. The van der Waals surface area contributed by atoms with Gasteiger partial charge >= 0.3 is 6.03 Å². The van der Waals surface area contributed by atoms with Gasteiger partial charge in [-0.1, -0.05) is 37.6 Å². The SMILES string of the molecule is CCCCC(=O)N1CCN(C(=N)c2cccc(NC(=O)Nc3ccc(S(=O)(=O)NCc4ccc(S(N)(=O)=O)cc4)cc3)c2)CC1. The Labute approximate surface area is 263 Å². The maximum atomic E-state index is 12.7. The van der Waals surface area contributed by atoms with Crippen LogP contribution in [0.1, 0.15) is 37.3 Å². The van der Waals surface area contributed by atoms with Crippen LogP contribution in [0.15, 0.2) is 82.6 Å². The minimum atomic E-state index is -3.89. The summed E-state index contributed by atoms with van der Waals surface area (Å²) in [6.45, 7) is 4.24. The van der Waals surface area contributed by atoms with Gasteiger partial charge in [0.1, 0.15) is 5.84 Å². The number of benzene rings is 3. The number of nitrogens with two attached hydrogens (primary N) is 1. The van der Waals surface area contributed by atoms with E-state index in [-0.39, 0.29) is 22.2 Å². The van der Waals surface area contributed by atoms with Crippen molar-refractivity contribution >= 4 is 49.2 Å². The molecule has 13 nitrogen and oxygen atoms in total. The number of urea groups is 1. The van der Waals surface area contributed by atoms with Crippen LogP contribution in [0.25, 0.3) is 0 Å². The zero-order valence-electron chi connectivity index (χ0n) is 24.8. The van der Waals surface area contributed by atoms with Crippen molar-refractivity contribution in [2.24, 2.45) is 5.14 Å². The summed E-state index contributed by atoms with van der Waals surface area (Å²) in [6, 6.07) is 17.5. The number of hydrogen-bond donors (Lipinski definition) is 5. The van der Waals surface area contributed by atoms with Crippen LogP contribution in [0.2, 0.25) is 0 Å². The lowest BCUT2D eigenvalue weighted by Crippen LogP contribution is -2.50. The molecule has 0 aliphatic carbocycles. The molecule has 0 atom stereocenters. The van der Waals surface area contributed by atoms with E-state index in [1.807, 2.05) is 9.80 Å². The van der Waals surface area contributed by atoms with E-state index in [4.69, 9.17) is 10.5 Å². The van der Waals surface area contributed by atoms with E-state index in [1.165, 1.54) is 48.5 Å². The number of rotatable bonds is 11. The molecular formula is C30H37N7O6S2. The van der Waals surface area contributed by atoms with E-state index in [0.717, 1.165) is 12.8 Å². The highest BCUT2D eigenvalue weighted by Gasteiger charge is 2.23. The van der Waals surface area contributed by atoms with Crippen LogP contribution in [-0.2, 0) is 31.4 Å². The molecule has 3 aromatic carbocycles. The van der Waals surface area contributed by atoms with Crippen molar-refractivity contribution in [3.8, 4) is 0 Å². The van der Waals surface area contributed by atoms with Gasteiger partial charge in [-0.2, -0.15) is 0 Å². The molecule has 1 aliphatic heterocycles. The largest absolute Gasteiger partial charge is 0.353 e. The van der Waals surface area contributed by atoms with E-state index in [1.54, 1.807) is 24.3 Å². The number of primary sulfonamides is 1. The monoisotopic (exact) mass is 655 g/mol. The summed E-state index contributed by atoms with van der Waals surface area (Å²) in [7, 11) is -7.73. The molecule has 0 bridgehead atoms. The van der Waals surface area contributed by atoms with Gasteiger partial charge in [0.05, 0.1) is 9.79 Å². The molecule has 0 saturated carbocycles. The number of unbranched alkanes of at least 4 members (excludes halogenated alkanes) is 1. The fourth-order valence-electron chi connectivity index (χ4n) is 4.66. The number of nitrogens with one attached hydrogen (secondary N) is 4. The first-order valence-electron chi connectivity index (χ1n) is 14.4. The van der Waals surface area contributed by atoms with Crippen LogP contribution in [-0.4, -0.2) is 70.6 Å². The number of carbonyl (C=O) groups is 2. The predicted octanol–water partition coefficient (Wildman–Crippen LogP) is 3.12. The fraction of sp³-hybridized carbons (Fsp3) is 0.300. The molecule has 240 valence electrons. The van der Waals surface area contributed by atoms with Gasteiger partial charge in [-0.25, -0.2) is 31.5 Å². The van der Waals surface area contributed by atoms with Crippen molar-refractivity contribution in [1.29, 1.82) is 5.41 Å². The Balaban J connectivity index is 1.28. The molecule has 1 heterocycles. The van der Waals surface area contributed by atoms with Crippen LogP contribution in [0.5, 0.6) is 0 Å². The number of carbonyl (C=O) groups excluding carboxylic acids is 2. The molecule has 1 saturated heterocycles. The summed E-state index contributed by atoms with van der Waals surface area (Å²) in [5, 5.41) is 19.1. The summed E-state index contributed by atoms with van der Waals surface area (Å²) in [6.07, 6.45) is 2.40. The van der Waals surface area contributed by atoms with Crippen LogP contribution < -0.4 is 20.5 Å². The van der Waals surface area contributed by atoms with Gasteiger partial charge in [-0.05, 0) is 60.5 Å². The highest BCUT2D eigenvalue weighted by molar-refractivity contribution is 7.89. The van der Waals surface area contributed by atoms with E-state index in [0.29, 0.717) is 60.9 Å². The van der Waals surface area contributed by atoms with E-state index in [9.17, 15) is 26.4 Å². The lowest BCUT2D eigenvalue weighted by molar-refractivity contribution is -0.132. The van der Waals surface area contributed by atoms with Gasteiger partial charge in [0.25, 0.3) is 0 Å². The second kappa shape index (κ2) is 14.6. The number of amides is 3. The normalized spacial score (nSPS) is 13.7. The minimum Gasteiger partial charge on any atom is -0.353 e. The van der Waals surface area contributed by atoms with Crippen LogP contribution >= 0.6 is 0 Å². The molecule has 3 amide bonds. The molecule has 1 fully saturated rings. The lowest BCUT2D eigenvalue weighted by Gasteiger charge is -2.36. The number of hydrogen-bond acceptors (Lipinski definition) is 7. The summed E-state index contributed by atoms with van der Waals surface area (Å²) in [5.74, 6) is 0.464. The third-order valence-corrected chi connectivity index (χ3v) is 9.57. The molecule has 0 unspecified atom stereocenters. The maximum Gasteiger partial charge on any atom is 0.323 e. The zero-order chi connectivity index (χ0) is 32.6. The van der Waals surface area contributed by atoms with Gasteiger partial charge < -0.3 is 20.4 Å². The molecule has 1 aliphatic rings. The number of anilines is 2. The van der Waals surface area contributed by atoms with Gasteiger partial charge in [0.2, 0.25) is 26.0 Å². The average Bonchev–Trinajstić information content (AvgIpc) is 3.02. The first-order valence-corrected chi connectivity index (χ1v) is 17.4. The Morgan fingerprint density at radius 2 is 1.42 bits per heavy atom. The number of sulfonamides is 2. The smallest absolute Gasteiger partial charge is 0.323 e. The van der Waals surface area contributed by atoms with Crippen LogP contribution in [0.3, 0.4) is 0 Å². The van der Waals surface area contributed by atoms with Crippen molar-refractivity contribution < 1.29 is 26.4 Å². The Bertz CT molecular complexity index is 1740. The Hall–Kier alpha value is -4.31. The molecule has 0 aromatic heterocycles. The van der Waals surface area contributed by atoms with Crippen LogP contribution in [0.4, 0.5) is 16.2 Å². The van der Waals surface area contributed by atoms with E-state index >= 15 is 0 Å². The number of nitrogens with zero attached hydrogens (tertiary/aromatic N) is 2. The number of piperazine rings is 1. The Morgan fingerprint density at radius 1 is 0.822 bits per heavy atom. The summed E-state index contributed by atoms with van der Waals surface area (Å²) in [5.41, 5.74) is 2.00. The molecule has 6 N–H and O–H groups in total. The Morgan fingerprint density at radius 3 is 2.04 bits per heavy atom. The molecular weight excluding hydrogens is 619 g/mol. The van der Waals surface area contributed by atoms with Gasteiger partial charge in [0, 0.05) is 56.1 Å². The predicted molar refractivity (Wildman–Crippen MR) is 172 cm³/mol. The van der Waals surface area contributed by atoms with Crippen molar-refractivity contribution in [2.45, 2.75) is 42.5 Å². The summed E-state index contributed by atoms with van der Waals surface area (Å²) >= 11 is 0. The molecule has 3 aromatic rings. The number of amidine groups is 1. The average molecular weight is 656 g/mol. The molecule has 4 rings (SSSR count). The highest BCUT2D eigenvalue weighted by Crippen LogP contribution is 2.18. The van der Waals surface area contributed by atoms with Crippen LogP contribution in [0, 0.1) is 5.41 Å². The first kappa shape index (κ1) is 33.6. The molecule has 0 radical (unpaired) electrons. The third-order valence-electron chi connectivity index (χ3n) is 7.23. The van der Waals surface area contributed by atoms with Gasteiger partial charge in [-0.3, -0.25) is 10.2 Å². The minimum absolute atomic E-state index is 0.0213. The maximum absolute atomic E-state index is 12.7. The lowest BCUT2D eigenvalue weighted by atomic mass is 10.1. The van der Waals surface area contributed by atoms with Gasteiger partial charge in [-0.15, -0.1) is 0 Å².